The van der Waals surface area contributed by atoms with Gasteiger partial charge in [0.15, 0.2) is 0 Å². The summed E-state index contributed by atoms with van der Waals surface area (Å²) >= 11 is 6.02. The third-order valence-corrected chi connectivity index (χ3v) is 2.49. The Labute approximate surface area is 93.3 Å². The lowest BCUT2D eigenvalue weighted by Crippen LogP contribution is -2.02. The van der Waals surface area contributed by atoms with E-state index >= 15 is 0 Å². The van der Waals surface area contributed by atoms with Gasteiger partial charge in [0.05, 0.1) is 16.4 Å². The minimum absolute atomic E-state index is 0.644. The zero-order chi connectivity index (χ0) is 10.7. The molecule has 4 heteroatoms. The predicted octanol–water partition coefficient (Wildman–Crippen LogP) is 2.86. The Kier molecular flexibility index (Phi) is 2.83. The second kappa shape index (κ2) is 4.28. The molecule has 0 amide bonds. The Balaban J connectivity index is 2.11. The fraction of sp³-hybridized carbons (Fsp3) is 0.0909. The molecule has 0 aliphatic carbocycles. The first kappa shape index (κ1) is 9.93. The van der Waals surface area contributed by atoms with Crippen LogP contribution in [0.5, 0.6) is 0 Å². The monoisotopic (exact) mass is 221 g/mol. The molecular formula is C11H12ClN3. The fourth-order valence-corrected chi connectivity index (χ4v) is 1.63. The number of para-hydroxylation sites is 1. The Morgan fingerprint density at radius 3 is 2.87 bits per heavy atom. The van der Waals surface area contributed by atoms with Gasteiger partial charge in [0.1, 0.15) is 0 Å². The van der Waals surface area contributed by atoms with Gasteiger partial charge in [-0.25, -0.2) is 0 Å². The molecule has 0 bridgehead atoms. The molecule has 0 saturated carbocycles. The van der Waals surface area contributed by atoms with E-state index in [9.17, 15) is 0 Å². The maximum absolute atomic E-state index is 6.02. The Morgan fingerprint density at radius 1 is 1.33 bits per heavy atom. The minimum atomic E-state index is 0.644. The second-order valence-corrected chi connectivity index (χ2v) is 3.68. The van der Waals surface area contributed by atoms with E-state index in [1.54, 1.807) is 0 Å². The van der Waals surface area contributed by atoms with Gasteiger partial charge in [0, 0.05) is 18.9 Å². The van der Waals surface area contributed by atoms with Crippen LogP contribution in [-0.2, 0) is 6.54 Å². The van der Waals surface area contributed by atoms with E-state index in [-0.39, 0.29) is 0 Å². The van der Waals surface area contributed by atoms with Gasteiger partial charge in [-0.15, -0.1) is 0 Å². The summed E-state index contributed by atoms with van der Waals surface area (Å²) in [5, 5.41) is 3.85. The number of aromatic nitrogens is 1. The van der Waals surface area contributed by atoms with Crippen LogP contribution in [0.2, 0.25) is 5.02 Å². The summed E-state index contributed by atoms with van der Waals surface area (Å²) in [7, 11) is 0. The first-order valence-electron chi connectivity index (χ1n) is 4.67. The van der Waals surface area contributed by atoms with Crippen molar-refractivity contribution >= 4 is 23.0 Å². The van der Waals surface area contributed by atoms with Gasteiger partial charge in [0.25, 0.3) is 0 Å². The molecule has 0 saturated heterocycles. The number of anilines is 2. The molecule has 4 N–H and O–H groups in total. The number of rotatable bonds is 3. The summed E-state index contributed by atoms with van der Waals surface area (Å²) in [6.07, 6.45) is 3.81. The quantitative estimate of drug-likeness (QED) is 0.698. The van der Waals surface area contributed by atoms with Gasteiger partial charge in [-0.3, -0.25) is 0 Å². The Hall–Kier alpha value is -1.61. The summed E-state index contributed by atoms with van der Waals surface area (Å²) in [5.41, 5.74) is 8.42. The van der Waals surface area contributed by atoms with Crippen LogP contribution >= 0.6 is 11.6 Å². The molecule has 0 spiro atoms. The summed E-state index contributed by atoms with van der Waals surface area (Å²) < 4.78 is 0. The molecule has 2 rings (SSSR count). The van der Waals surface area contributed by atoms with Crippen LogP contribution in [0.1, 0.15) is 5.56 Å². The highest BCUT2D eigenvalue weighted by atomic mass is 35.5. The smallest absolute Gasteiger partial charge is 0.0765 e. The third kappa shape index (κ3) is 2.25. The number of nitrogen functional groups attached to an aromatic ring is 1. The fourth-order valence-electron chi connectivity index (χ4n) is 1.39. The number of aromatic amines is 1. The first-order valence-corrected chi connectivity index (χ1v) is 5.04. The molecule has 2 aromatic rings. The lowest BCUT2D eigenvalue weighted by Gasteiger charge is -2.09. The van der Waals surface area contributed by atoms with Crippen molar-refractivity contribution in [3.05, 3.63) is 47.2 Å². The summed E-state index contributed by atoms with van der Waals surface area (Å²) in [5.74, 6) is 0. The molecular weight excluding hydrogens is 210 g/mol. The van der Waals surface area contributed by atoms with E-state index in [2.05, 4.69) is 10.3 Å². The number of H-pyrrole nitrogens is 1. The van der Waals surface area contributed by atoms with Gasteiger partial charge >= 0.3 is 0 Å². The molecule has 0 radical (unpaired) electrons. The molecule has 0 aliphatic rings. The van der Waals surface area contributed by atoms with E-state index in [1.807, 2.05) is 36.7 Å². The van der Waals surface area contributed by atoms with E-state index in [0.29, 0.717) is 17.3 Å². The number of benzene rings is 1. The van der Waals surface area contributed by atoms with Crippen LogP contribution < -0.4 is 11.1 Å². The topological polar surface area (TPSA) is 53.8 Å². The van der Waals surface area contributed by atoms with Gasteiger partial charge in [0.2, 0.25) is 0 Å². The van der Waals surface area contributed by atoms with Crippen LogP contribution in [-0.4, -0.2) is 4.98 Å². The van der Waals surface area contributed by atoms with Crippen LogP contribution in [0, 0.1) is 0 Å². The van der Waals surface area contributed by atoms with Crippen LogP contribution in [0.3, 0.4) is 0 Å². The molecule has 0 atom stereocenters. The summed E-state index contributed by atoms with van der Waals surface area (Å²) in [6, 6.07) is 7.47. The van der Waals surface area contributed by atoms with Gasteiger partial charge in [-0.2, -0.15) is 0 Å². The highest BCUT2D eigenvalue weighted by Crippen LogP contribution is 2.28. The van der Waals surface area contributed by atoms with E-state index in [1.165, 1.54) is 0 Å². The molecule has 15 heavy (non-hydrogen) atoms. The van der Waals surface area contributed by atoms with Gasteiger partial charge < -0.3 is 16.0 Å². The van der Waals surface area contributed by atoms with Crippen molar-refractivity contribution in [3.8, 4) is 0 Å². The normalized spacial score (nSPS) is 10.2. The van der Waals surface area contributed by atoms with Crippen molar-refractivity contribution in [2.24, 2.45) is 0 Å². The largest absolute Gasteiger partial charge is 0.397 e. The zero-order valence-corrected chi connectivity index (χ0v) is 8.88. The van der Waals surface area contributed by atoms with Crippen LogP contribution in [0.4, 0.5) is 11.4 Å². The highest BCUT2D eigenvalue weighted by molar-refractivity contribution is 6.33. The molecule has 3 nitrogen and oxygen atoms in total. The minimum Gasteiger partial charge on any atom is -0.397 e. The predicted molar refractivity (Wildman–Crippen MR) is 64.0 cm³/mol. The van der Waals surface area contributed by atoms with E-state index in [4.69, 9.17) is 17.3 Å². The molecule has 0 aliphatic heterocycles. The van der Waals surface area contributed by atoms with Gasteiger partial charge in [-0.1, -0.05) is 17.7 Å². The zero-order valence-electron chi connectivity index (χ0n) is 8.13. The summed E-state index contributed by atoms with van der Waals surface area (Å²) in [6.45, 7) is 0.706. The Bertz CT molecular complexity index is 417. The maximum atomic E-state index is 6.02. The molecule has 1 aromatic carbocycles. The van der Waals surface area contributed by atoms with Crippen molar-refractivity contribution in [2.75, 3.05) is 11.1 Å². The maximum Gasteiger partial charge on any atom is 0.0765 e. The first-order chi connectivity index (χ1) is 7.27. The van der Waals surface area contributed by atoms with Gasteiger partial charge in [-0.05, 0) is 23.8 Å². The highest BCUT2D eigenvalue weighted by Gasteiger charge is 2.03. The van der Waals surface area contributed by atoms with Crippen molar-refractivity contribution in [1.29, 1.82) is 0 Å². The molecule has 0 unspecified atom stereocenters. The van der Waals surface area contributed by atoms with Crippen LogP contribution in [0.25, 0.3) is 0 Å². The van der Waals surface area contributed by atoms with Crippen molar-refractivity contribution < 1.29 is 0 Å². The SMILES string of the molecule is Nc1cccc(Cl)c1NCc1cc[nH]c1. The molecule has 1 aromatic heterocycles. The van der Waals surface area contributed by atoms with E-state index < -0.39 is 0 Å². The average molecular weight is 222 g/mol. The Morgan fingerprint density at radius 2 is 2.20 bits per heavy atom. The number of halogens is 1. The van der Waals surface area contributed by atoms with E-state index in [0.717, 1.165) is 11.3 Å². The second-order valence-electron chi connectivity index (χ2n) is 3.28. The molecule has 0 fully saturated rings. The number of hydrogen-bond donors (Lipinski definition) is 3. The molecule has 78 valence electrons. The molecule has 1 heterocycles. The lowest BCUT2D eigenvalue weighted by molar-refractivity contribution is 1.15. The number of nitrogens with two attached hydrogens (primary N) is 1. The van der Waals surface area contributed by atoms with Crippen molar-refractivity contribution in [2.45, 2.75) is 6.54 Å². The number of nitrogens with one attached hydrogen (secondary N) is 2. The third-order valence-electron chi connectivity index (χ3n) is 2.18. The van der Waals surface area contributed by atoms with Crippen molar-refractivity contribution in [1.82, 2.24) is 4.98 Å². The van der Waals surface area contributed by atoms with Crippen LogP contribution in [0.15, 0.2) is 36.7 Å². The summed E-state index contributed by atoms with van der Waals surface area (Å²) in [4.78, 5) is 2.99. The van der Waals surface area contributed by atoms with Crippen molar-refractivity contribution in [3.63, 3.8) is 0 Å². The standard InChI is InChI=1S/C11H12ClN3/c12-9-2-1-3-10(13)11(9)15-7-8-4-5-14-6-8/h1-6,14-15H,7,13H2. The lowest BCUT2D eigenvalue weighted by atomic mass is 10.2. The number of hydrogen-bond acceptors (Lipinski definition) is 2. The average Bonchev–Trinajstić information content (AvgIpc) is 2.70.